The van der Waals surface area contributed by atoms with Gasteiger partial charge in [0.15, 0.2) is 11.4 Å². The molecule has 8 heteroatoms. The third-order valence-electron chi connectivity index (χ3n) is 1.10. The van der Waals surface area contributed by atoms with Crippen molar-refractivity contribution >= 4 is 11.9 Å². The number of rotatable bonds is 2. The average Bonchev–Trinajstić information content (AvgIpc) is 2.04. The third kappa shape index (κ3) is 4.04. The number of carbonyl (C=O) groups is 2. The number of carboxylic acid groups (broad SMARTS) is 2. The molecule has 0 atom stereocenters. The average molecular weight is 214 g/mol. The molecule has 1 rings (SSSR count). The van der Waals surface area contributed by atoms with Crippen LogP contribution in [0.5, 0.6) is 0 Å². The van der Waals surface area contributed by atoms with Crippen molar-refractivity contribution in [3.05, 3.63) is 23.8 Å². The summed E-state index contributed by atoms with van der Waals surface area (Å²) in [4.78, 5) is 27.4. The maximum absolute atomic E-state index is 10.4. The summed E-state index contributed by atoms with van der Waals surface area (Å²) in [6.45, 7) is 0. The molecule has 2 N–H and O–H groups in total. The van der Waals surface area contributed by atoms with Gasteiger partial charge in [0.2, 0.25) is 0 Å². The summed E-state index contributed by atoms with van der Waals surface area (Å²) in [6.07, 6.45) is 2.24. The molecule has 1 aromatic heterocycles. The summed E-state index contributed by atoms with van der Waals surface area (Å²) in [5.74, 6) is -2.80. The van der Waals surface area contributed by atoms with E-state index in [2.05, 4.69) is 9.97 Å². The molecule has 0 fully saturated rings. The second-order valence-electron chi connectivity index (χ2n) is 1.86. The van der Waals surface area contributed by atoms with Gasteiger partial charge in [0.1, 0.15) is 0 Å². The summed E-state index contributed by atoms with van der Waals surface area (Å²) in [7, 11) is 0. The van der Waals surface area contributed by atoms with Gasteiger partial charge in [-0.1, -0.05) is 0 Å². The van der Waals surface area contributed by atoms with Gasteiger partial charge in [-0.2, -0.15) is 0 Å². The zero-order valence-corrected chi connectivity index (χ0v) is 11.8. The Labute approximate surface area is 123 Å². The number of nitrogens with zero attached hydrogens (tertiary/aromatic N) is 2. The molecule has 0 unspecified atom stereocenters. The van der Waals surface area contributed by atoms with Crippen LogP contribution in [0, 0.1) is 0 Å². The fourth-order valence-corrected chi connectivity index (χ4v) is 0.651. The summed E-state index contributed by atoms with van der Waals surface area (Å²) in [5.41, 5.74) is -1.10. The van der Waals surface area contributed by atoms with E-state index in [0.717, 1.165) is 12.4 Å². The van der Waals surface area contributed by atoms with E-state index < -0.39 is 23.3 Å². The maximum atomic E-state index is 10.4. The van der Waals surface area contributed by atoms with Crippen molar-refractivity contribution in [2.24, 2.45) is 0 Å². The molecule has 0 amide bonds. The Balaban J connectivity index is 0. The van der Waals surface area contributed by atoms with E-state index in [4.69, 9.17) is 10.2 Å². The van der Waals surface area contributed by atoms with Crippen LogP contribution in [-0.2, 0) is 0 Å². The van der Waals surface area contributed by atoms with Gasteiger partial charge in [-0.05, 0) is 0 Å². The maximum Gasteiger partial charge on any atom is 1.00 e. The van der Waals surface area contributed by atoms with E-state index >= 15 is 0 Å². The van der Waals surface area contributed by atoms with Crippen LogP contribution in [0.15, 0.2) is 12.4 Å². The van der Waals surface area contributed by atoms with E-state index in [1.807, 2.05) is 0 Å². The van der Waals surface area contributed by atoms with E-state index in [-0.39, 0.29) is 59.1 Å². The molecule has 14 heavy (non-hydrogen) atoms. The van der Waals surface area contributed by atoms with Crippen LogP contribution >= 0.6 is 0 Å². The van der Waals surface area contributed by atoms with Crippen molar-refractivity contribution in [1.82, 2.24) is 9.97 Å². The molecule has 0 aliphatic heterocycles. The smallest absolute Gasteiger partial charge is 0.476 e. The molecular formula is C6H4N2Na2O4+2. The molecule has 0 aliphatic rings. The van der Waals surface area contributed by atoms with Crippen LogP contribution < -0.4 is 59.1 Å². The van der Waals surface area contributed by atoms with E-state index in [9.17, 15) is 9.59 Å². The fraction of sp³-hybridized carbons (Fsp3) is 0. The minimum absolute atomic E-state index is 0. The summed E-state index contributed by atoms with van der Waals surface area (Å²) in [5, 5.41) is 16.9. The molecule has 1 aromatic rings. The first kappa shape index (κ1) is 16.4. The van der Waals surface area contributed by atoms with Crippen molar-refractivity contribution in [3.8, 4) is 0 Å². The molecule has 0 spiro atoms. The Morgan fingerprint density at radius 3 is 1.43 bits per heavy atom. The second-order valence-corrected chi connectivity index (χ2v) is 1.86. The van der Waals surface area contributed by atoms with Crippen molar-refractivity contribution in [2.75, 3.05) is 0 Å². The molecule has 0 aliphatic carbocycles. The SMILES string of the molecule is O=C(O)c1nccnc1C(=O)O.[Na+].[Na+]. The molecule has 0 saturated heterocycles. The van der Waals surface area contributed by atoms with Gasteiger partial charge in [0.25, 0.3) is 0 Å². The molecular weight excluding hydrogens is 210 g/mol. The standard InChI is InChI=1S/C6H4N2O4.2Na/c9-5(10)3-4(6(11)12)8-2-1-7-3;;/h1-2H,(H,9,10)(H,11,12);;/q;2*+1. The Hall–Kier alpha value is 0.0200. The number of aromatic nitrogens is 2. The number of hydrogen-bond acceptors (Lipinski definition) is 4. The van der Waals surface area contributed by atoms with Gasteiger partial charge >= 0.3 is 71.1 Å². The largest absolute Gasteiger partial charge is 1.00 e. The minimum atomic E-state index is -1.40. The summed E-state index contributed by atoms with van der Waals surface area (Å²) in [6, 6.07) is 0. The van der Waals surface area contributed by atoms with Gasteiger partial charge < -0.3 is 10.2 Å². The molecule has 6 nitrogen and oxygen atoms in total. The number of hydrogen-bond donors (Lipinski definition) is 2. The minimum Gasteiger partial charge on any atom is -0.476 e. The molecule has 0 radical (unpaired) electrons. The predicted octanol–water partition coefficient (Wildman–Crippen LogP) is -6.12. The van der Waals surface area contributed by atoms with Crippen LogP contribution in [-0.4, -0.2) is 32.1 Å². The second kappa shape index (κ2) is 7.33. The Morgan fingerprint density at radius 1 is 0.929 bits per heavy atom. The molecule has 0 bridgehead atoms. The van der Waals surface area contributed by atoms with Gasteiger partial charge in [-0.25, -0.2) is 19.6 Å². The zero-order valence-electron chi connectivity index (χ0n) is 7.76. The fourth-order valence-electron chi connectivity index (χ4n) is 0.651. The normalized spacial score (nSPS) is 8.00. The zero-order chi connectivity index (χ0) is 9.14. The topological polar surface area (TPSA) is 100 Å². The van der Waals surface area contributed by atoms with Gasteiger partial charge in [-0.3, -0.25) is 0 Å². The number of aromatic carboxylic acids is 2. The van der Waals surface area contributed by atoms with Crippen LogP contribution in [0.4, 0.5) is 0 Å². The quantitative estimate of drug-likeness (QED) is 0.475. The first-order chi connectivity index (χ1) is 5.63. The van der Waals surface area contributed by atoms with Crippen molar-refractivity contribution in [2.45, 2.75) is 0 Å². The van der Waals surface area contributed by atoms with Crippen LogP contribution in [0.25, 0.3) is 0 Å². The van der Waals surface area contributed by atoms with Crippen LogP contribution in [0.2, 0.25) is 0 Å². The summed E-state index contributed by atoms with van der Waals surface area (Å²) < 4.78 is 0. The Bertz CT molecular complexity index is 311. The van der Waals surface area contributed by atoms with Crippen LogP contribution in [0.3, 0.4) is 0 Å². The first-order valence-electron chi connectivity index (χ1n) is 2.90. The molecule has 1 heterocycles. The van der Waals surface area contributed by atoms with Crippen molar-refractivity contribution in [3.63, 3.8) is 0 Å². The Kier molecular flexibility index (Phi) is 8.61. The molecule has 0 saturated carbocycles. The van der Waals surface area contributed by atoms with E-state index in [1.165, 1.54) is 0 Å². The Morgan fingerprint density at radius 2 is 1.21 bits per heavy atom. The van der Waals surface area contributed by atoms with Crippen molar-refractivity contribution in [1.29, 1.82) is 0 Å². The van der Waals surface area contributed by atoms with E-state index in [1.54, 1.807) is 0 Å². The predicted molar refractivity (Wildman–Crippen MR) is 36.0 cm³/mol. The van der Waals surface area contributed by atoms with Gasteiger partial charge in [-0.15, -0.1) is 0 Å². The van der Waals surface area contributed by atoms with Crippen LogP contribution in [0.1, 0.15) is 21.0 Å². The first-order valence-corrected chi connectivity index (χ1v) is 2.90. The van der Waals surface area contributed by atoms with Crippen molar-refractivity contribution < 1.29 is 78.9 Å². The summed E-state index contributed by atoms with van der Waals surface area (Å²) >= 11 is 0. The monoisotopic (exact) mass is 214 g/mol. The van der Waals surface area contributed by atoms with Gasteiger partial charge in [0.05, 0.1) is 0 Å². The van der Waals surface area contributed by atoms with Gasteiger partial charge in [0, 0.05) is 12.4 Å². The molecule has 0 aromatic carbocycles. The number of carboxylic acids is 2. The molecule has 62 valence electrons. The van der Waals surface area contributed by atoms with E-state index in [0.29, 0.717) is 0 Å². The third-order valence-corrected chi connectivity index (χ3v) is 1.10.